The number of carbonyl (C=O) groups excluding carboxylic acids is 1. The van der Waals surface area contributed by atoms with Crippen molar-refractivity contribution in [3.05, 3.63) is 29.6 Å². The molecule has 1 aromatic rings. The molecular formula is C19H26N2O. The van der Waals surface area contributed by atoms with Crippen LogP contribution < -0.4 is 5.32 Å². The van der Waals surface area contributed by atoms with E-state index in [-0.39, 0.29) is 5.91 Å². The van der Waals surface area contributed by atoms with E-state index < -0.39 is 0 Å². The minimum Gasteiger partial charge on any atom is -0.352 e. The molecule has 4 aliphatic carbocycles. The average molecular weight is 298 g/mol. The topological polar surface area (TPSA) is 42.0 Å². The summed E-state index contributed by atoms with van der Waals surface area (Å²) in [5.74, 6) is 2.99. The zero-order valence-electron chi connectivity index (χ0n) is 13.5. The van der Waals surface area contributed by atoms with E-state index in [1.807, 2.05) is 19.1 Å². The fraction of sp³-hybridized carbons (Fsp3) is 0.684. The van der Waals surface area contributed by atoms with Crippen LogP contribution in [-0.4, -0.2) is 17.4 Å². The lowest BCUT2D eigenvalue weighted by Crippen LogP contribution is -2.47. The van der Waals surface area contributed by atoms with Crippen LogP contribution in [0, 0.1) is 30.1 Å². The summed E-state index contributed by atoms with van der Waals surface area (Å²) in [6.07, 6.45) is 11.6. The van der Waals surface area contributed by atoms with Crippen LogP contribution in [0.15, 0.2) is 18.3 Å². The summed E-state index contributed by atoms with van der Waals surface area (Å²) in [6, 6.07) is 3.76. The second-order valence-corrected chi connectivity index (χ2v) is 8.11. The molecule has 5 rings (SSSR count). The Kier molecular flexibility index (Phi) is 3.47. The van der Waals surface area contributed by atoms with E-state index in [2.05, 4.69) is 10.3 Å². The van der Waals surface area contributed by atoms with Crippen molar-refractivity contribution in [3.63, 3.8) is 0 Å². The van der Waals surface area contributed by atoms with Crippen LogP contribution in [0.2, 0.25) is 0 Å². The summed E-state index contributed by atoms with van der Waals surface area (Å²) in [7, 11) is 0. The van der Waals surface area contributed by atoms with Crippen LogP contribution in [0.5, 0.6) is 0 Å². The first-order chi connectivity index (χ1) is 10.6. The first-order valence-corrected chi connectivity index (χ1v) is 8.83. The van der Waals surface area contributed by atoms with E-state index in [1.54, 1.807) is 6.20 Å². The SMILES string of the molecule is Cc1ccc(C(=O)NCCC23CC4CC(CC(C4)C2)C3)cn1. The highest BCUT2D eigenvalue weighted by atomic mass is 16.1. The van der Waals surface area contributed by atoms with Gasteiger partial charge in [0.05, 0.1) is 5.56 Å². The van der Waals surface area contributed by atoms with Gasteiger partial charge in [0.25, 0.3) is 5.91 Å². The fourth-order valence-corrected chi connectivity index (χ4v) is 5.74. The number of amides is 1. The quantitative estimate of drug-likeness (QED) is 0.920. The van der Waals surface area contributed by atoms with Crippen LogP contribution in [0.3, 0.4) is 0 Å². The highest BCUT2D eigenvalue weighted by Gasteiger charge is 2.50. The third-order valence-corrected chi connectivity index (χ3v) is 6.28. The highest BCUT2D eigenvalue weighted by molar-refractivity contribution is 5.93. The van der Waals surface area contributed by atoms with E-state index in [1.165, 1.54) is 44.9 Å². The first kappa shape index (κ1) is 14.2. The van der Waals surface area contributed by atoms with E-state index in [0.29, 0.717) is 11.0 Å². The Morgan fingerprint density at radius 3 is 2.36 bits per heavy atom. The van der Waals surface area contributed by atoms with Gasteiger partial charge in [0.15, 0.2) is 0 Å². The van der Waals surface area contributed by atoms with Gasteiger partial charge < -0.3 is 5.32 Å². The number of pyridine rings is 1. The van der Waals surface area contributed by atoms with Crippen LogP contribution >= 0.6 is 0 Å². The standard InChI is InChI=1S/C19H26N2O/c1-13-2-3-17(12-21-13)18(22)20-5-4-19-9-14-6-15(10-19)8-16(7-14)11-19/h2-3,12,14-16H,4-11H2,1H3,(H,20,22). The number of carbonyl (C=O) groups is 1. The van der Waals surface area contributed by atoms with Crippen molar-refractivity contribution in [2.75, 3.05) is 6.54 Å². The normalized spacial score (nSPS) is 35.6. The van der Waals surface area contributed by atoms with Gasteiger partial charge in [-0.1, -0.05) is 0 Å². The molecule has 0 unspecified atom stereocenters. The molecular weight excluding hydrogens is 272 g/mol. The average Bonchev–Trinajstić information content (AvgIpc) is 2.46. The molecule has 0 aromatic carbocycles. The first-order valence-electron chi connectivity index (χ1n) is 8.83. The van der Waals surface area contributed by atoms with Gasteiger partial charge in [-0.25, -0.2) is 0 Å². The van der Waals surface area contributed by atoms with Crippen molar-refractivity contribution < 1.29 is 4.79 Å². The predicted molar refractivity (Wildman–Crippen MR) is 86.5 cm³/mol. The fourth-order valence-electron chi connectivity index (χ4n) is 5.74. The van der Waals surface area contributed by atoms with E-state index >= 15 is 0 Å². The number of hydrogen-bond donors (Lipinski definition) is 1. The molecule has 4 fully saturated rings. The second kappa shape index (κ2) is 5.36. The second-order valence-electron chi connectivity index (χ2n) is 8.11. The van der Waals surface area contributed by atoms with Gasteiger partial charge in [-0.15, -0.1) is 0 Å². The van der Waals surface area contributed by atoms with Crippen LogP contribution in [0.25, 0.3) is 0 Å². The van der Waals surface area contributed by atoms with Crippen molar-refractivity contribution >= 4 is 5.91 Å². The maximum atomic E-state index is 12.2. The lowest BCUT2D eigenvalue weighted by Gasteiger charge is -2.57. The van der Waals surface area contributed by atoms with Gasteiger partial charge in [-0.05, 0) is 87.2 Å². The van der Waals surface area contributed by atoms with Crippen molar-refractivity contribution in [2.24, 2.45) is 23.2 Å². The largest absolute Gasteiger partial charge is 0.352 e. The van der Waals surface area contributed by atoms with Crippen LogP contribution in [-0.2, 0) is 0 Å². The van der Waals surface area contributed by atoms with Gasteiger partial charge in [0, 0.05) is 18.4 Å². The Hall–Kier alpha value is -1.38. The number of rotatable bonds is 4. The molecule has 1 aromatic heterocycles. The lowest BCUT2D eigenvalue weighted by atomic mass is 9.49. The molecule has 0 radical (unpaired) electrons. The summed E-state index contributed by atoms with van der Waals surface area (Å²) < 4.78 is 0. The Morgan fingerprint density at radius 1 is 1.18 bits per heavy atom. The van der Waals surface area contributed by atoms with Crippen molar-refractivity contribution in [1.29, 1.82) is 0 Å². The third-order valence-electron chi connectivity index (χ3n) is 6.28. The lowest BCUT2D eigenvalue weighted by molar-refractivity contribution is -0.0564. The zero-order chi connectivity index (χ0) is 15.2. The molecule has 0 spiro atoms. The van der Waals surface area contributed by atoms with Crippen LogP contribution in [0.1, 0.15) is 61.0 Å². The van der Waals surface area contributed by atoms with Crippen molar-refractivity contribution in [2.45, 2.75) is 51.9 Å². The van der Waals surface area contributed by atoms with E-state index in [4.69, 9.17) is 0 Å². The summed E-state index contributed by atoms with van der Waals surface area (Å²) in [4.78, 5) is 16.4. The molecule has 4 saturated carbocycles. The number of hydrogen-bond acceptors (Lipinski definition) is 2. The Morgan fingerprint density at radius 2 is 1.82 bits per heavy atom. The van der Waals surface area contributed by atoms with Gasteiger partial charge in [-0.2, -0.15) is 0 Å². The highest BCUT2D eigenvalue weighted by Crippen LogP contribution is 2.61. The van der Waals surface area contributed by atoms with Gasteiger partial charge in [0.1, 0.15) is 0 Å². The maximum absolute atomic E-state index is 12.2. The monoisotopic (exact) mass is 298 g/mol. The molecule has 118 valence electrons. The summed E-state index contributed by atoms with van der Waals surface area (Å²) in [5.41, 5.74) is 2.18. The zero-order valence-corrected chi connectivity index (χ0v) is 13.5. The molecule has 1 heterocycles. The van der Waals surface area contributed by atoms with Crippen LogP contribution in [0.4, 0.5) is 0 Å². The van der Waals surface area contributed by atoms with Crippen molar-refractivity contribution in [3.8, 4) is 0 Å². The molecule has 0 aliphatic heterocycles. The summed E-state index contributed by atoms with van der Waals surface area (Å²) >= 11 is 0. The smallest absolute Gasteiger partial charge is 0.252 e. The Balaban J connectivity index is 1.33. The molecule has 4 aliphatic rings. The van der Waals surface area contributed by atoms with Crippen molar-refractivity contribution in [1.82, 2.24) is 10.3 Å². The Bertz CT molecular complexity index is 528. The maximum Gasteiger partial charge on any atom is 0.252 e. The third kappa shape index (κ3) is 2.66. The number of aryl methyl sites for hydroxylation is 1. The summed E-state index contributed by atoms with van der Waals surface area (Å²) in [5, 5.41) is 3.11. The molecule has 1 N–H and O–H groups in total. The molecule has 0 saturated heterocycles. The molecule has 0 atom stereocenters. The van der Waals surface area contributed by atoms with Gasteiger partial charge in [-0.3, -0.25) is 9.78 Å². The minimum atomic E-state index is 0.0252. The minimum absolute atomic E-state index is 0.0252. The van der Waals surface area contributed by atoms with E-state index in [9.17, 15) is 4.79 Å². The molecule has 4 bridgehead atoms. The molecule has 22 heavy (non-hydrogen) atoms. The molecule has 3 nitrogen and oxygen atoms in total. The number of nitrogens with one attached hydrogen (secondary N) is 1. The molecule has 1 amide bonds. The number of aromatic nitrogens is 1. The molecule has 3 heteroatoms. The predicted octanol–water partition coefficient (Wildman–Crippen LogP) is 3.73. The van der Waals surface area contributed by atoms with Gasteiger partial charge >= 0.3 is 0 Å². The van der Waals surface area contributed by atoms with E-state index in [0.717, 1.165) is 30.0 Å². The Labute approximate surface area is 132 Å². The van der Waals surface area contributed by atoms with Gasteiger partial charge in [0.2, 0.25) is 0 Å². The number of nitrogens with zero attached hydrogens (tertiary/aromatic N) is 1. The summed E-state index contributed by atoms with van der Waals surface area (Å²) in [6.45, 7) is 2.76.